The van der Waals surface area contributed by atoms with Crippen molar-refractivity contribution in [2.24, 2.45) is 0 Å². The fraction of sp³-hybridized carbons (Fsp3) is 0. The minimum atomic E-state index is -0.249. The van der Waals surface area contributed by atoms with Crippen LogP contribution in [-0.2, 0) is 0 Å². The molecule has 0 fully saturated rings. The predicted octanol–water partition coefficient (Wildman–Crippen LogP) is 2.97. The topological polar surface area (TPSA) is 92.3 Å². The van der Waals surface area contributed by atoms with Crippen LogP contribution in [0.3, 0.4) is 0 Å². The Morgan fingerprint density at radius 2 is 1.95 bits per heavy atom. The van der Waals surface area contributed by atoms with Gasteiger partial charge in [0.1, 0.15) is 5.69 Å². The molecule has 0 aliphatic rings. The van der Waals surface area contributed by atoms with Crippen molar-refractivity contribution in [1.82, 2.24) is 15.1 Å². The van der Waals surface area contributed by atoms with Gasteiger partial charge in [-0.15, -0.1) is 0 Å². The first-order valence-electron chi connectivity index (χ1n) is 5.62. The molecule has 0 atom stereocenters. The van der Waals surface area contributed by atoms with Crippen LogP contribution >= 0.6 is 15.9 Å². The van der Waals surface area contributed by atoms with E-state index in [1.807, 2.05) is 6.07 Å². The van der Waals surface area contributed by atoms with Gasteiger partial charge in [0, 0.05) is 16.2 Å². The standard InChI is InChI=1S/C13H8BrN3O3/c14-8-2-1-5-15-11(8)12-16-13(20-17-12)7-3-4-9(18)10(19)6-7/h1-6,18-19H. The van der Waals surface area contributed by atoms with E-state index in [-0.39, 0.29) is 17.4 Å². The van der Waals surface area contributed by atoms with Gasteiger partial charge in [0.15, 0.2) is 11.5 Å². The number of hydrogen-bond donors (Lipinski definition) is 2. The number of hydrogen-bond acceptors (Lipinski definition) is 6. The Hall–Kier alpha value is -2.41. The molecule has 6 nitrogen and oxygen atoms in total. The predicted molar refractivity (Wildman–Crippen MR) is 74.0 cm³/mol. The van der Waals surface area contributed by atoms with Crippen LogP contribution in [0.4, 0.5) is 0 Å². The Labute approximate surface area is 121 Å². The van der Waals surface area contributed by atoms with Crippen molar-refractivity contribution >= 4 is 15.9 Å². The summed E-state index contributed by atoms with van der Waals surface area (Å²) in [6.45, 7) is 0. The summed E-state index contributed by atoms with van der Waals surface area (Å²) in [5, 5.41) is 22.6. The molecule has 0 aliphatic heterocycles. The van der Waals surface area contributed by atoms with Gasteiger partial charge >= 0.3 is 0 Å². The molecule has 0 spiro atoms. The minimum absolute atomic E-state index is 0.207. The second kappa shape index (κ2) is 4.93. The molecule has 7 heteroatoms. The van der Waals surface area contributed by atoms with Crippen LogP contribution < -0.4 is 0 Å². The second-order valence-electron chi connectivity index (χ2n) is 3.96. The maximum atomic E-state index is 9.47. The molecule has 3 aromatic rings. The van der Waals surface area contributed by atoms with Crippen LogP contribution in [0, 0.1) is 0 Å². The average molecular weight is 334 g/mol. The van der Waals surface area contributed by atoms with Crippen molar-refractivity contribution in [3.8, 4) is 34.5 Å². The van der Waals surface area contributed by atoms with E-state index in [1.165, 1.54) is 12.1 Å². The van der Waals surface area contributed by atoms with Crippen LogP contribution in [0.5, 0.6) is 11.5 Å². The maximum Gasteiger partial charge on any atom is 0.258 e. The molecule has 0 saturated carbocycles. The van der Waals surface area contributed by atoms with Gasteiger partial charge in [0.25, 0.3) is 5.89 Å². The molecule has 100 valence electrons. The quantitative estimate of drug-likeness (QED) is 0.700. The highest BCUT2D eigenvalue weighted by molar-refractivity contribution is 9.10. The van der Waals surface area contributed by atoms with Crippen molar-refractivity contribution in [1.29, 1.82) is 0 Å². The normalized spacial score (nSPS) is 10.7. The number of aromatic hydroxyl groups is 2. The number of nitrogens with zero attached hydrogens (tertiary/aromatic N) is 3. The summed E-state index contributed by atoms with van der Waals surface area (Å²) in [5.74, 6) is 0.107. The summed E-state index contributed by atoms with van der Waals surface area (Å²) >= 11 is 3.36. The smallest absolute Gasteiger partial charge is 0.258 e. The molecule has 0 aliphatic carbocycles. The summed E-state index contributed by atoms with van der Waals surface area (Å²) in [4.78, 5) is 8.39. The van der Waals surface area contributed by atoms with Crippen molar-refractivity contribution in [2.75, 3.05) is 0 Å². The molecule has 0 unspecified atom stereocenters. The van der Waals surface area contributed by atoms with E-state index in [0.717, 1.165) is 4.47 Å². The zero-order chi connectivity index (χ0) is 14.1. The highest BCUT2D eigenvalue weighted by atomic mass is 79.9. The first-order chi connectivity index (χ1) is 9.65. The summed E-state index contributed by atoms with van der Waals surface area (Å²) < 4.78 is 5.89. The van der Waals surface area contributed by atoms with Gasteiger partial charge in [-0.25, -0.2) is 0 Å². The highest BCUT2D eigenvalue weighted by Gasteiger charge is 2.14. The highest BCUT2D eigenvalue weighted by Crippen LogP contribution is 2.31. The van der Waals surface area contributed by atoms with Crippen molar-refractivity contribution in [2.45, 2.75) is 0 Å². The Bertz CT molecular complexity index is 773. The number of phenolic OH excluding ortho intramolecular Hbond substituents is 2. The molecule has 2 aromatic heterocycles. The molecule has 0 radical (unpaired) electrons. The number of rotatable bonds is 2. The molecule has 0 bridgehead atoms. The Balaban J connectivity index is 2.02. The first-order valence-corrected chi connectivity index (χ1v) is 6.41. The molecular weight excluding hydrogens is 326 g/mol. The molecule has 1 aromatic carbocycles. The largest absolute Gasteiger partial charge is 0.504 e. The van der Waals surface area contributed by atoms with Gasteiger partial charge in [-0.3, -0.25) is 4.98 Å². The molecule has 0 amide bonds. The van der Waals surface area contributed by atoms with Crippen LogP contribution in [0.2, 0.25) is 0 Å². The van der Waals surface area contributed by atoms with Crippen LogP contribution in [0.25, 0.3) is 23.0 Å². The summed E-state index contributed by atoms with van der Waals surface area (Å²) in [6.07, 6.45) is 1.63. The lowest BCUT2D eigenvalue weighted by molar-refractivity contribution is 0.402. The van der Waals surface area contributed by atoms with Crippen molar-refractivity contribution in [3.63, 3.8) is 0 Å². The van der Waals surface area contributed by atoms with Gasteiger partial charge in [0.05, 0.1) is 0 Å². The molecule has 2 heterocycles. The van der Waals surface area contributed by atoms with E-state index >= 15 is 0 Å². The van der Waals surface area contributed by atoms with Gasteiger partial charge in [-0.05, 0) is 46.3 Å². The molecule has 3 rings (SSSR count). The van der Waals surface area contributed by atoms with Gasteiger partial charge in [-0.1, -0.05) is 5.16 Å². The lowest BCUT2D eigenvalue weighted by Crippen LogP contribution is -1.86. The van der Waals surface area contributed by atoms with Crippen LogP contribution in [0.1, 0.15) is 0 Å². The maximum absolute atomic E-state index is 9.47. The second-order valence-corrected chi connectivity index (χ2v) is 4.81. The lowest BCUT2D eigenvalue weighted by Gasteiger charge is -1.98. The molecule has 20 heavy (non-hydrogen) atoms. The first kappa shape index (κ1) is 12.6. The van der Waals surface area contributed by atoms with E-state index in [1.54, 1.807) is 18.3 Å². The van der Waals surface area contributed by atoms with E-state index in [4.69, 9.17) is 4.52 Å². The summed E-state index contributed by atoms with van der Waals surface area (Å²) in [7, 11) is 0. The lowest BCUT2D eigenvalue weighted by atomic mass is 10.2. The van der Waals surface area contributed by atoms with Crippen LogP contribution in [-0.4, -0.2) is 25.3 Å². The number of halogens is 1. The minimum Gasteiger partial charge on any atom is -0.504 e. The van der Waals surface area contributed by atoms with Crippen LogP contribution in [0.15, 0.2) is 45.5 Å². The number of benzene rings is 1. The van der Waals surface area contributed by atoms with E-state index < -0.39 is 0 Å². The van der Waals surface area contributed by atoms with E-state index in [0.29, 0.717) is 17.1 Å². The molecule has 0 saturated heterocycles. The average Bonchev–Trinajstić information content (AvgIpc) is 2.92. The van der Waals surface area contributed by atoms with E-state index in [9.17, 15) is 10.2 Å². The third-order valence-corrected chi connectivity index (χ3v) is 3.26. The van der Waals surface area contributed by atoms with E-state index in [2.05, 4.69) is 31.1 Å². The third kappa shape index (κ3) is 2.23. The van der Waals surface area contributed by atoms with Crippen molar-refractivity contribution < 1.29 is 14.7 Å². The Kier molecular flexibility index (Phi) is 3.11. The van der Waals surface area contributed by atoms with Gasteiger partial charge in [0.2, 0.25) is 5.82 Å². The molecule has 2 N–H and O–H groups in total. The number of aromatic nitrogens is 3. The fourth-order valence-electron chi connectivity index (χ4n) is 1.64. The summed E-state index contributed by atoms with van der Waals surface area (Å²) in [6, 6.07) is 7.88. The number of pyridine rings is 1. The SMILES string of the molecule is Oc1ccc(-c2nc(-c3ncccc3Br)no2)cc1O. The third-order valence-electron chi connectivity index (χ3n) is 2.62. The van der Waals surface area contributed by atoms with Gasteiger partial charge < -0.3 is 14.7 Å². The number of phenols is 2. The Morgan fingerprint density at radius 3 is 2.70 bits per heavy atom. The summed E-state index contributed by atoms with van der Waals surface area (Å²) in [5.41, 5.74) is 1.07. The van der Waals surface area contributed by atoms with Gasteiger partial charge in [-0.2, -0.15) is 4.98 Å². The zero-order valence-corrected chi connectivity index (χ0v) is 11.6. The molecular formula is C13H8BrN3O3. The zero-order valence-electron chi connectivity index (χ0n) is 9.99. The fourth-order valence-corrected chi connectivity index (χ4v) is 2.08. The monoisotopic (exact) mass is 333 g/mol. The Morgan fingerprint density at radius 1 is 1.10 bits per heavy atom. The van der Waals surface area contributed by atoms with Crippen molar-refractivity contribution in [3.05, 3.63) is 41.0 Å².